The largest absolute Gasteiger partial charge is 0.337 e. The summed E-state index contributed by atoms with van der Waals surface area (Å²) in [5.41, 5.74) is 2.85. The molecule has 0 aliphatic carbocycles. The summed E-state index contributed by atoms with van der Waals surface area (Å²) < 4.78 is 35.2. The summed E-state index contributed by atoms with van der Waals surface area (Å²) in [5.74, 6) is -1.39. The number of hydrogen-bond acceptors (Lipinski definition) is 9. The molecule has 4 aromatic heterocycles. The molecule has 11 nitrogen and oxygen atoms in total. The van der Waals surface area contributed by atoms with Crippen LogP contribution in [0.4, 0.5) is 36.8 Å². The van der Waals surface area contributed by atoms with Crippen molar-refractivity contribution >= 4 is 51.1 Å². The fourth-order valence-electron chi connectivity index (χ4n) is 4.79. The van der Waals surface area contributed by atoms with Crippen molar-refractivity contribution in [2.45, 2.75) is 39.3 Å². The standard InChI is InChI=1S/C27H28F2N10OS/c1-17-13-39-22(33-19-11-31-38(15-19)16-23(40)34-21-7-5-6-20(28)25(21)29)12-30-27(39)26(32-17)35-24-10-18(36-41-24)14-37-8-3-2-4-9-37/h5-7,10-13,15,33H,2-4,8-9,14,16H2,1H3,(H,32,35)(H,34,40). The minimum atomic E-state index is -1.11. The molecule has 41 heavy (non-hydrogen) atoms. The fourth-order valence-corrected chi connectivity index (χ4v) is 5.45. The second kappa shape index (κ2) is 11.6. The molecule has 14 heteroatoms. The van der Waals surface area contributed by atoms with Gasteiger partial charge in [-0.2, -0.15) is 9.47 Å². The first kappa shape index (κ1) is 26.8. The van der Waals surface area contributed by atoms with Gasteiger partial charge in [0.2, 0.25) is 5.91 Å². The Balaban J connectivity index is 1.13. The van der Waals surface area contributed by atoms with Crippen LogP contribution in [0, 0.1) is 18.6 Å². The van der Waals surface area contributed by atoms with Gasteiger partial charge >= 0.3 is 0 Å². The van der Waals surface area contributed by atoms with Gasteiger partial charge in [-0.25, -0.2) is 18.7 Å². The Morgan fingerprint density at radius 1 is 1.10 bits per heavy atom. The highest BCUT2D eigenvalue weighted by Crippen LogP contribution is 2.27. The molecule has 1 aliphatic rings. The van der Waals surface area contributed by atoms with E-state index < -0.39 is 17.5 Å². The number of benzene rings is 1. The number of rotatable bonds is 9. The van der Waals surface area contributed by atoms with Gasteiger partial charge in [-0.3, -0.25) is 18.8 Å². The number of fused-ring (bicyclic) bond motifs is 1. The van der Waals surface area contributed by atoms with Gasteiger partial charge in [0.25, 0.3) is 0 Å². The minimum absolute atomic E-state index is 0.184. The Kier molecular flexibility index (Phi) is 7.57. The van der Waals surface area contributed by atoms with Crippen LogP contribution in [0.1, 0.15) is 30.7 Å². The van der Waals surface area contributed by atoms with Gasteiger partial charge in [0.1, 0.15) is 17.4 Å². The van der Waals surface area contributed by atoms with Crippen LogP contribution in [-0.2, 0) is 17.9 Å². The SMILES string of the molecule is Cc1cn2c(Nc3cnn(CC(=O)Nc4cccc(F)c4F)c3)cnc2c(Nc2cc(CN3CCCCC3)ns2)n1. The molecule has 0 atom stereocenters. The molecule has 6 rings (SSSR count). The second-order valence-corrected chi connectivity index (χ2v) is 10.7. The van der Waals surface area contributed by atoms with Crippen LogP contribution in [0.15, 0.2) is 49.1 Å². The minimum Gasteiger partial charge on any atom is -0.337 e. The third-order valence-electron chi connectivity index (χ3n) is 6.68. The van der Waals surface area contributed by atoms with E-state index in [1.165, 1.54) is 47.6 Å². The number of carbonyl (C=O) groups is 1. The van der Waals surface area contributed by atoms with Gasteiger partial charge in [-0.1, -0.05) is 12.5 Å². The van der Waals surface area contributed by atoms with E-state index >= 15 is 0 Å². The van der Waals surface area contributed by atoms with E-state index in [0.29, 0.717) is 23.0 Å². The molecule has 3 N–H and O–H groups in total. The number of halogens is 2. The highest BCUT2D eigenvalue weighted by Gasteiger charge is 2.16. The first-order valence-electron chi connectivity index (χ1n) is 13.2. The van der Waals surface area contributed by atoms with E-state index in [1.807, 2.05) is 17.5 Å². The van der Waals surface area contributed by atoms with Crippen LogP contribution in [0.5, 0.6) is 0 Å². The zero-order valence-electron chi connectivity index (χ0n) is 22.3. The van der Waals surface area contributed by atoms with E-state index in [2.05, 4.69) is 46.4 Å². The molecule has 212 valence electrons. The summed E-state index contributed by atoms with van der Waals surface area (Å²) >= 11 is 1.40. The predicted octanol–water partition coefficient (Wildman–Crippen LogP) is 5.08. The molecule has 1 saturated heterocycles. The molecule has 1 aliphatic heterocycles. The summed E-state index contributed by atoms with van der Waals surface area (Å²) in [6.07, 6.45) is 10.5. The van der Waals surface area contributed by atoms with Crippen molar-refractivity contribution < 1.29 is 13.6 Å². The number of aryl methyl sites for hydroxylation is 1. The van der Waals surface area contributed by atoms with Crippen molar-refractivity contribution in [1.82, 2.24) is 33.4 Å². The molecule has 1 aromatic carbocycles. The number of piperidine rings is 1. The van der Waals surface area contributed by atoms with Crippen LogP contribution < -0.4 is 16.0 Å². The van der Waals surface area contributed by atoms with E-state index in [0.717, 1.165) is 42.1 Å². The molecule has 5 aromatic rings. The van der Waals surface area contributed by atoms with E-state index in [1.54, 1.807) is 18.6 Å². The van der Waals surface area contributed by atoms with Crippen molar-refractivity contribution in [1.29, 1.82) is 0 Å². The number of imidazole rings is 1. The van der Waals surface area contributed by atoms with E-state index in [9.17, 15) is 13.6 Å². The number of likely N-dealkylation sites (tertiary alicyclic amines) is 1. The maximum atomic E-state index is 13.9. The van der Waals surface area contributed by atoms with Gasteiger partial charge in [0.15, 0.2) is 23.1 Å². The average molecular weight is 579 g/mol. The zero-order valence-corrected chi connectivity index (χ0v) is 23.1. The molecular weight excluding hydrogens is 550 g/mol. The molecule has 0 radical (unpaired) electrons. The number of nitrogens with zero attached hydrogens (tertiary/aromatic N) is 7. The van der Waals surface area contributed by atoms with E-state index in [-0.39, 0.29) is 12.2 Å². The lowest BCUT2D eigenvalue weighted by Crippen LogP contribution is -2.29. The van der Waals surface area contributed by atoms with Crippen LogP contribution in [0.3, 0.4) is 0 Å². The molecule has 0 unspecified atom stereocenters. The Bertz CT molecular complexity index is 1690. The van der Waals surface area contributed by atoms with Gasteiger partial charge in [-0.05, 0) is 62.6 Å². The number of carbonyl (C=O) groups excluding carboxylic acids is 1. The number of amides is 1. The number of aromatic nitrogens is 6. The van der Waals surface area contributed by atoms with Gasteiger partial charge in [-0.15, -0.1) is 0 Å². The monoisotopic (exact) mass is 578 g/mol. The summed E-state index contributed by atoms with van der Waals surface area (Å²) in [5, 5.41) is 14.1. The zero-order chi connectivity index (χ0) is 28.3. The summed E-state index contributed by atoms with van der Waals surface area (Å²) in [4.78, 5) is 24.0. The van der Waals surface area contributed by atoms with Crippen molar-refractivity contribution in [2.24, 2.45) is 0 Å². The topological polar surface area (TPSA) is 117 Å². The predicted molar refractivity (Wildman–Crippen MR) is 153 cm³/mol. The highest BCUT2D eigenvalue weighted by molar-refractivity contribution is 7.10. The van der Waals surface area contributed by atoms with Crippen molar-refractivity contribution in [2.75, 3.05) is 29.0 Å². The third kappa shape index (κ3) is 6.18. The van der Waals surface area contributed by atoms with Gasteiger partial charge < -0.3 is 16.0 Å². The highest BCUT2D eigenvalue weighted by atomic mass is 32.1. The lowest BCUT2D eigenvalue weighted by atomic mass is 10.1. The Hall–Kier alpha value is -4.43. The summed E-state index contributed by atoms with van der Waals surface area (Å²) in [7, 11) is 0. The van der Waals surface area contributed by atoms with Gasteiger partial charge in [0.05, 0.1) is 35.2 Å². The van der Waals surface area contributed by atoms with Crippen LogP contribution in [-0.4, -0.2) is 52.4 Å². The van der Waals surface area contributed by atoms with Crippen molar-refractivity contribution in [3.63, 3.8) is 0 Å². The van der Waals surface area contributed by atoms with E-state index in [4.69, 9.17) is 0 Å². The second-order valence-electron chi connectivity index (χ2n) is 9.91. The normalized spacial score (nSPS) is 13.9. The first-order chi connectivity index (χ1) is 19.9. The van der Waals surface area contributed by atoms with Crippen LogP contribution in [0.25, 0.3) is 5.65 Å². The quantitative estimate of drug-likeness (QED) is 0.222. The lowest BCUT2D eigenvalue weighted by molar-refractivity contribution is -0.116. The average Bonchev–Trinajstić information content (AvgIpc) is 3.69. The molecule has 0 spiro atoms. The summed E-state index contributed by atoms with van der Waals surface area (Å²) in [6, 6.07) is 5.67. The molecule has 1 fully saturated rings. The maximum absolute atomic E-state index is 13.9. The lowest BCUT2D eigenvalue weighted by Gasteiger charge is -2.25. The molecule has 0 bridgehead atoms. The molecular formula is C27H28F2N10OS. The molecule has 5 heterocycles. The fraction of sp³-hybridized carbons (Fsp3) is 0.296. The first-order valence-corrected chi connectivity index (χ1v) is 14.0. The third-order valence-corrected chi connectivity index (χ3v) is 7.43. The Morgan fingerprint density at radius 3 is 2.80 bits per heavy atom. The van der Waals surface area contributed by atoms with Gasteiger partial charge in [0, 0.05) is 18.9 Å². The molecule has 1 amide bonds. The number of hydrogen-bond donors (Lipinski definition) is 3. The smallest absolute Gasteiger partial charge is 0.246 e. The maximum Gasteiger partial charge on any atom is 0.246 e. The van der Waals surface area contributed by atoms with Crippen LogP contribution in [0.2, 0.25) is 0 Å². The Morgan fingerprint density at radius 2 is 1.95 bits per heavy atom. The number of anilines is 5. The van der Waals surface area contributed by atoms with Crippen LogP contribution >= 0.6 is 11.5 Å². The summed E-state index contributed by atoms with van der Waals surface area (Å²) in [6.45, 7) is 4.80. The Labute approximate surface area is 238 Å². The van der Waals surface area contributed by atoms with Crippen molar-refractivity contribution in [3.8, 4) is 0 Å². The number of nitrogens with one attached hydrogen (secondary N) is 3. The van der Waals surface area contributed by atoms with Crippen molar-refractivity contribution in [3.05, 3.63) is 72.1 Å². The molecule has 0 saturated carbocycles.